The molecule has 3 aromatic rings. The van der Waals surface area contributed by atoms with Gasteiger partial charge in [0.15, 0.2) is 0 Å². The number of halogens is 1. The number of anilines is 1. The number of rotatable bonds is 5. The number of benzene rings is 2. The second-order valence-corrected chi connectivity index (χ2v) is 11.9. The quantitative estimate of drug-likeness (QED) is 0.185. The summed E-state index contributed by atoms with van der Waals surface area (Å²) >= 11 is 0.384. The van der Waals surface area contributed by atoms with Crippen molar-refractivity contribution in [1.82, 2.24) is 0 Å². The first-order chi connectivity index (χ1) is 15.3. The first-order valence-corrected chi connectivity index (χ1v) is 12.9. The third-order valence-corrected chi connectivity index (χ3v) is 8.38. The number of hydrogen-bond acceptors (Lipinski definition) is 1. The molecule has 0 amide bonds. The first kappa shape index (κ1) is 25.7. The van der Waals surface area contributed by atoms with Gasteiger partial charge in [-0.3, -0.25) is 0 Å². The van der Waals surface area contributed by atoms with Crippen LogP contribution in [-0.2, 0) is 7.05 Å². The van der Waals surface area contributed by atoms with E-state index in [0.29, 0.717) is 14.5 Å². The van der Waals surface area contributed by atoms with Crippen molar-refractivity contribution in [3.8, 4) is 0 Å². The van der Waals surface area contributed by atoms with Gasteiger partial charge in [-0.1, -0.05) is 0 Å². The van der Waals surface area contributed by atoms with Gasteiger partial charge in [0, 0.05) is 19.8 Å². The Morgan fingerprint density at radius 3 is 2.33 bits per heavy atom. The van der Waals surface area contributed by atoms with Crippen LogP contribution in [-0.4, -0.2) is 28.6 Å². The summed E-state index contributed by atoms with van der Waals surface area (Å²) in [5, 5.41) is 0. The maximum atomic E-state index is 2.44. The van der Waals surface area contributed by atoms with Crippen LogP contribution in [0.1, 0.15) is 36.8 Å². The first-order valence-electron chi connectivity index (χ1n) is 11.2. The van der Waals surface area contributed by atoms with Crippen LogP contribution in [0.25, 0.3) is 21.9 Å². The van der Waals surface area contributed by atoms with E-state index in [4.69, 9.17) is 0 Å². The summed E-state index contributed by atoms with van der Waals surface area (Å²) < 4.78 is 5.31. The average molecular weight is 615 g/mol. The molecule has 0 unspecified atom stereocenters. The molecular weight excluding hydrogens is 582 g/mol. The maximum absolute atomic E-state index is 2.44. The molecule has 1 heterocycles. The van der Waals surface area contributed by atoms with Crippen molar-refractivity contribution in [3.63, 3.8) is 0 Å². The van der Waals surface area contributed by atoms with Gasteiger partial charge in [-0.25, -0.2) is 0 Å². The Balaban J connectivity index is 0.00000306. The number of hydrogen-bond donors (Lipinski definition) is 0. The number of nitrogens with zero attached hydrogens (tertiary/aromatic N) is 2. The van der Waals surface area contributed by atoms with E-state index in [0.717, 1.165) is 12.8 Å². The Hall–Kier alpha value is -1.88. The zero-order valence-electron chi connectivity index (χ0n) is 20.2. The Kier molecular flexibility index (Phi) is 8.60. The van der Waals surface area contributed by atoms with Gasteiger partial charge in [0.25, 0.3) is 0 Å². The molecule has 0 saturated carbocycles. The van der Waals surface area contributed by atoms with Crippen molar-refractivity contribution < 1.29 is 28.5 Å². The molecule has 0 fully saturated rings. The molecule has 1 aliphatic carbocycles. The molecule has 2 aromatic carbocycles. The molecule has 33 heavy (non-hydrogen) atoms. The predicted octanol–water partition coefficient (Wildman–Crippen LogP) is 3.19. The fourth-order valence-corrected chi connectivity index (χ4v) is 6.71. The molecule has 0 saturated heterocycles. The van der Waals surface area contributed by atoms with Crippen LogP contribution in [0.3, 0.4) is 0 Å². The molecule has 0 spiro atoms. The van der Waals surface area contributed by atoms with Crippen LogP contribution in [0.2, 0.25) is 0 Å². The molecule has 1 aliphatic rings. The molecule has 0 atom stereocenters. The minimum Gasteiger partial charge on any atom is -1.00 e. The van der Waals surface area contributed by atoms with E-state index in [9.17, 15) is 0 Å². The minimum atomic E-state index is 0. The smallest absolute Gasteiger partial charge is 1.00 e. The van der Waals surface area contributed by atoms with Crippen LogP contribution in [0.5, 0.6) is 0 Å². The third kappa shape index (κ3) is 6.59. The zero-order chi connectivity index (χ0) is 22.7. The van der Waals surface area contributed by atoms with Crippen LogP contribution in [0.4, 0.5) is 5.69 Å². The van der Waals surface area contributed by atoms with Crippen LogP contribution < -0.4 is 33.4 Å². The van der Waals surface area contributed by atoms with Crippen molar-refractivity contribution in [3.05, 3.63) is 94.1 Å². The van der Waals surface area contributed by atoms with Crippen molar-refractivity contribution in [2.75, 3.05) is 19.0 Å². The van der Waals surface area contributed by atoms with Crippen molar-refractivity contribution in [2.45, 2.75) is 26.7 Å². The number of allylic oxidation sites excluding steroid dienone is 6. The Morgan fingerprint density at radius 2 is 1.64 bits per heavy atom. The molecular formula is C29H33IN2Se. The number of fused-ring (bicyclic) bond motifs is 1. The van der Waals surface area contributed by atoms with Gasteiger partial charge in [-0.15, -0.1) is 0 Å². The summed E-state index contributed by atoms with van der Waals surface area (Å²) in [4.78, 5) is 2.12. The summed E-state index contributed by atoms with van der Waals surface area (Å²) in [6.07, 6.45) is 15.9. The molecule has 0 aliphatic heterocycles. The second kappa shape index (κ2) is 11.0. The topological polar surface area (TPSA) is 7.12 Å². The van der Waals surface area contributed by atoms with Gasteiger partial charge < -0.3 is 28.9 Å². The summed E-state index contributed by atoms with van der Waals surface area (Å²) in [7, 11) is 6.34. The van der Waals surface area contributed by atoms with E-state index in [2.05, 4.69) is 129 Å². The SMILES string of the molecule is CN(C)c1ccc(C=CC=CC2=CC(=Cc3[se]c4ccccc4[n+]3C)CC(C)(C)C2)cc1.[I-]. The molecule has 4 rings (SSSR count). The van der Waals surface area contributed by atoms with Crippen molar-refractivity contribution in [2.24, 2.45) is 12.5 Å². The molecule has 172 valence electrons. The second-order valence-electron chi connectivity index (χ2n) is 9.63. The fraction of sp³-hybridized carbons (Fsp3) is 0.276. The molecule has 4 heteroatoms. The Labute approximate surface area is 221 Å². The van der Waals surface area contributed by atoms with E-state index in [1.807, 2.05) is 0 Å². The van der Waals surface area contributed by atoms with Crippen LogP contribution in [0.15, 0.2) is 84.0 Å². The Bertz CT molecular complexity index is 1220. The fourth-order valence-electron chi connectivity index (χ4n) is 4.34. The van der Waals surface area contributed by atoms with Crippen molar-refractivity contribution in [1.29, 1.82) is 0 Å². The summed E-state index contributed by atoms with van der Waals surface area (Å²) in [5.74, 6) is 0. The van der Waals surface area contributed by atoms with Gasteiger partial charge in [0.2, 0.25) is 0 Å². The molecule has 0 N–H and O–H groups in total. The standard InChI is InChI=1S/C29H33N2Se.HI/c1-29(2)20-23(11-7-6-10-22-14-16-25(17-15-22)30(3)4)18-24(21-29)19-28-31(5)26-12-8-9-13-27(26)32-28;/h6-19H,20-21H2,1-5H3;1H/q+1;/p-1. The van der Waals surface area contributed by atoms with Crippen LogP contribution in [0, 0.1) is 5.41 Å². The molecule has 2 nitrogen and oxygen atoms in total. The Morgan fingerprint density at radius 1 is 0.939 bits per heavy atom. The number of aryl methyl sites for hydroxylation is 1. The molecule has 1 aromatic heterocycles. The van der Waals surface area contributed by atoms with E-state index in [-0.39, 0.29) is 29.4 Å². The number of aromatic nitrogens is 1. The van der Waals surface area contributed by atoms with Gasteiger partial charge >= 0.3 is 174 Å². The van der Waals surface area contributed by atoms with E-state index < -0.39 is 0 Å². The van der Waals surface area contributed by atoms with Gasteiger partial charge in [0.05, 0.1) is 0 Å². The average Bonchev–Trinajstić information content (AvgIpc) is 3.06. The summed E-state index contributed by atoms with van der Waals surface area (Å²) in [6.45, 7) is 4.76. The van der Waals surface area contributed by atoms with E-state index in [1.165, 1.54) is 36.7 Å². The van der Waals surface area contributed by atoms with Crippen molar-refractivity contribution >= 4 is 42.1 Å². The zero-order valence-corrected chi connectivity index (χ0v) is 24.0. The minimum absolute atomic E-state index is 0. The number of para-hydroxylation sites is 1. The molecule has 0 bridgehead atoms. The molecule has 0 radical (unpaired) electrons. The van der Waals surface area contributed by atoms with Crippen LogP contribution >= 0.6 is 0 Å². The predicted molar refractivity (Wildman–Crippen MR) is 140 cm³/mol. The normalized spacial score (nSPS) is 17.0. The van der Waals surface area contributed by atoms with Gasteiger partial charge in [0.1, 0.15) is 0 Å². The van der Waals surface area contributed by atoms with Gasteiger partial charge in [-0.2, -0.15) is 0 Å². The van der Waals surface area contributed by atoms with Gasteiger partial charge in [-0.05, 0) is 0 Å². The summed E-state index contributed by atoms with van der Waals surface area (Å²) in [6, 6.07) is 17.4. The monoisotopic (exact) mass is 616 g/mol. The van der Waals surface area contributed by atoms with E-state index in [1.54, 1.807) is 0 Å². The third-order valence-electron chi connectivity index (χ3n) is 5.94. The van der Waals surface area contributed by atoms with E-state index >= 15 is 0 Å². The summed E-state index contributed by atoms with van der Waals surface area (Å²) in [5.41, 5.74) is 6.95.